The van der Waals surface area contributed by atoms with E-state index >= 15 is 0 Å². The summed E-state index contributed by atoms with van der Waals surface area (Å²) in [6.07, 6.45) is 27.0. The first-order chi connectivity index (χ1) is 43.3. The summed E-state index contributed by atoms with van der Waals surface area (Å²) in [7, 11) is 0. The van der Waals surface area contributed by atoms with Crippen molar-refractivity contribution in [3.8, 4) is 0 Å². The highest BCUT2D eigenvalue weighted by Gasteiger charge is 1.92. The topological polar surface area (TPSA) is 158 Å². The lowest BCUT2D eigenvalue weighted by Gasteiger charge is -1.83. The summed E-state index contributed by atoms with van der Waals surface area (Å²) in [5, 5.41) is 14.1. The maximum atomic E-state index is 5.12. The second-order valence-electron chi connectivity index (χ2n) is 13.4. The first-order valence-corrected chi connectivity index (χ1v) is 32.0. The molecule has 87 heavy (non-hydrogen) atoms. The highest BCUT2D eigenvalue weighted by molar-refractivity contribution is 7.17. The number of para-hydroxylation sites is 3. The molecule has 466 valence electrons. The van der Waals surface area contributed by atoms with Gasteiger partial charge in [-0.25, -0.2) is 15.0 Å². The van der Waals surface area contributed by atoms with Crippen LogP contribution in [-0.4, -0.2) is 50.1 Å². The summed E-state index contributed by atoms with van der Waals surface area (Å²) in [6, 6.07) is 53.8. The summed E-state index contributed by atoms with van der Waals surface area (Å²) in [6.45, 7) is 36.0. The Balaban J connectivity index is -0.000000433. The summed E-state index contributed by atoms with van der Waals surface area (Å²) < 4.78 is 12.8. The van der Waals surface area contributed by atoms with Gasteiger partial charge in [-0.15, -0.1) is 22.7 Å². The van der Waals surface area contributed by atoms with Crippen molar-refractivity contribution in [3.05, 3.63) is 274 Å². The number of hydrogen-bond donors (Lipinski definition) is 1. The van der Waals surface area contributed by atoms with Crippen molar-refractivity contribution in [2.75, 3.05) is 0 Å². The van der Waals surface area contributed by atoms with Gasteiger partial charge in [0.1, 0.15) is 11.9 Å². The molecule has 0 saturated carbocycles. The van der Waals surface area contributed by atoms with Crippen LogP contribution in [-0.2, 0) is 0 Å². The van der Waals surface area contributed by atoms with E-state index in [9.17, 15) is 0 Å². The maximum Gasteiger partial charge on any atom is 0.152 e. The third-order valence-electron chi connectivity index (χ3n) is 8.69. The van der Waals surface area contributed by atoms with Gasteiger partial charge in [0.05, 0.1) is 34.5 Å². The van der Waals surface area contributed by atoms with Crippen molar-refractivity contribution in [1.29, 1.82) is 0 Å². The lowest BCUT2D eigenvalue weighted by atomic mass is 10.3. The number of nitrogens with one attached hydrogen (secondary N) is 1. The van der Waals surface area contributed by atoms with Crippen LogP contribution < -0.4 is 0 Å². The molecule has 12 nitrogen and oxygen atoms in total. The molecule has 14 heteroatoms. The van der Waals surface area contributed by atoms with Gasteiger partial charge in [-0.2, -0.15) is 10.2 Å². The Bertz CT molecular complexity index is 2630. The zero-order chi connectivity index (χ0) is 65.5. The van der Waals surface area contributed by atoms with Crippen LogP contribution in [0.2, 0.25) is 0 Å². The summed E-state index contributed by atoms with van der Waals surface area (Å²) >= 11 is 3.46. The van der Waals surface area contributed by atoms with Crippen LogP contribution in [0.3, 0.4) is 0 Å². The normalized spacial score (nSPS) is 8.11. The van der Waals surface area contributed by atoms with Crippen LogP contribution in [0.15, 0.2) is 283 Å². The molecule has 0 aliphatic heterocycles. The van der Waals surface area contributed by atoms with Gasteiger partial charge in [0.25, 0.3) is 0 Å². The molecule has 0 spiro atoms. The fraction of sp³-hybridized carbons (Fsp3) is 0.247. The van der Waals surface area contributed by atoms with Crippen molar-refractivity contribution in [2.45, 2.75) is 125 Å². The van der Waals surface area contributed by atoms with E-state index in [1.807, 2.05) is 239 Å². The molecule has 0 amide bonds. The Morgan fingerprint density at radius 1 is 0.322 bits per heavy atom. The van der Waals surface area contributed by atoms with Crippen LogP contribution >= 0.6 is 22.7 Å². The van der Waals surface area contributed by atoms with E-state index in [1.165, 1.54) is 32.0 Å². The SMILES string of the molecule is CC.CC.CC.CC.CC.CC.CC.CC.CC.c1cc2ccoc2cn1.c1ccc2[nH]ccc2c1.c1ccc2occc2c1.c1ccc2sccc2c1.c1ccc2scnc2c1.c1ccncc1.c1ccnnc1.c1cnccn1.c1cncnc1. The van der Waals surface area contributed by atoms with Crippen molar-refractivity contribution in [1.82, 2.24) is 50.1 Å². The number of furan rings is 2. The summed E-state index contributed by atoms with van der Waals surface area (Å²) in [5.41, 5.74) is 5.97. The first kappa shape index (κ1) is 84.3. The van der Waals surface area contributed by atoms with Gasteiger partial charge in [-0.1, -0.05) is 197 Å². The molecule has 0 aliphatic carbocycles. The van der Waals surface area contributed by atoms with E-state index in [2.05, 4.69) is 110 Å². The zero-order valence-corrected chi connectivity index (χ0v) is 56.8. The quantitative estimate of drug-likeness (QED) is 0.154. The molecule has 0 radical (unpaired) electrons. The van der Waals surface area contributed by atoms with Gasteiger partial charge in [0, 0.05) is 95.4 Å². The van der Waals surface area contributed by atoms with Crippen molar-refractivity contribution in [3.63, 3.8) is 0 Å². The Morgan fingerprint density at radius 2 is 0.793 bits per heavy atom. The zero-order valence-electron chi connectivity index (χ0n) is 55.1. The first-order valence-electron chi connectivity index (χ1n) is 30.2. The number of aromatic amines is 1. The minimum absolute atomic E-state index is 0.845. The predicted octanol–water partition coefficient (Wildman–Crippen LogP) is 23.4. The van der Waals surface area contributed by atoms with Gasteiger partial charge >= 0.3 is 0 Å². The number of nitrogens with zero attached hydrogens (tertiary/aromatic N) is 9. The van der Waals surface area contributed by atoms with Gasteiger partial charge < -0.3 is 13.8 Å². The van der Waals surface area contributed by atoms with E-state index < -0.39 is 0 Å². The second kappa shape index (κ2) is 69.4. The van der Waals surface area contributed by atoms with Crippen LogP contribution in [0.25, 0.3) is 53.1 Å². The molecular weight excluding hydrogens is 1110 g/mol. The Hall–Kier alpha value is -9.11. The van der Waals surface area contributed by atoms with Crippen molar-refractivity contribution < 1.29 is 8.83 Å². The van der Waals surface area contributed by atoms with Crippen LogP contribution in [0.1, 0.15) is 125 Å². The molecule has 10 heterocycles. The van der Waals surface area contributed by atoms with Gasteiger partial charge in [0.15, 0.2) is 5.58 Å². The highest BCUT2D eigenvalue weighted by atomic mass is 32.1. The fourth-order valence-electron chi connectivity index (χ4n) is 5.49. The molecule has 0 atom stereocenters. The predicted molar refractivity (Wildman–Crippen MR) is 382 cm³/mol. The average Bonchev–Trinajstić information content (AvgIpc) is 4.74. The number of rotatable bonds is 0. The minimum Gasteiger partial charge on any atom is -0.464 e. The van der Waals surface area contributed by atoms with Crippen LogP contribution in [0, 0.1) is 0 Å². The van der Waals surface area contributed by atoms with Crippen molar-refractivity contribution in [2.24, 2.45) is 0 Å². The number of thiophene rings is 1. The third-order valence-corrected chi connectivity index (χ3v) is 10.4. The smallest absolute Gasteiger partial charge is 0.152 e. The molecular formula is C73H100N10O2S2. The monoisotopic (exact) mass is 1210 g/mol. The van der Waals surface area contributed by atoms with Crippen LogP contribution in [0.4, 0.5) is 0 Å². The van der Waals surface area contributed by atoms with Gasteiger partial charge in [-0.3, -0.25) is 19.9 Å². The maximum absolute atomic E-state index is 5.12. The number of fused-ring (bicyclic) bond motifs is 5. The number of benzene rings is 4. The molecule has 4 aromatic carbocycles. The Kier molecular flexibility index (Phi) is 67.3. The Morgan fingerprint density at radius 3 is 1.24 bits per heavy atom. The summed E-state index contributed by atoms with van der Waals surface area (Å²) in [5.74, 6) is 0. The molecule has 10 aromatic heterocycles. The standard InChI is InChI=1S/C8H7N.C8H6O.C8H6S.C7H5NO.C7H5NS.C5H5N.3C4H4N2.9C2H6/c3*1-2-4-8-7(3-1)5-6-9-8;1-3-8-5-7-6(1)2-4-9-7;1-2-4-7-6(3-1)8-5-9-7;1-2-4-6-5-3-1;1-2-6-4-3-5-1;1-2-5-4-6-3-1;1-2-4-6-5-3-1;9*1-2/h1-6,9H;2*1-6H;2*1-5H;1-5H;3*1-4H;9*1-2H3. The molecule has 1 N–H and O–H groups in total. The lowest BCUT2D eigenvalue weighted by Crippen LogP contribution is -1.69. The average molecular weight is 1210 g/mol. The van der Waals surface area contributed by atoms with Gasteiger partial charge in [-0.05, 0) is 107 Å². The molecule has 0 fully saturated rings. The number of pyridine rings is 2. The summed E-state index contributed by atoms with van der Waals surface area (Å²) in [4.78, 5) is 29.7. The molecule has 0 bridgehead atoms. The lowest BCUT2D eigenvalue weighted by molar-refractivity contribution is 0.614. The fourth-order valence-corrected chi connectivity index (χ4v) is 6.96. The minimum atomic E-state index is 0.845. The molecule has 0 unspecified atom stereocenters. The number of hydrogen-bond acceptors (Lipinski definition) is 13. The molecule has 14 rings (SSSR count). The highest BCUT2D eigenvalue weighted by Crippen LogP contribution is 2.19. The van der Waals surface area contributed by atoms with E-state index in [0.717, 1.165) is 27.5 Å². The van der Waals surface area contributed by atoms with Gasteiger partial charge in [0.2, 0.25) is 0 Å². The Labute approximate surface area is 530 Å². The molecule has 14 aromatic rings. The van der Waals surface area contributed by atoms with Crippen LogP contribution in [0.5, 0.6) is 0 Å². The second-order valence-corrected chi connectivity index (χ2v) is 15.2. The molecule has 0 aliphatic rings. The van der Waals surface area contributed by atoms with E-state index in [1.54, 1.807) is 116 Å². The van der Waals surface area contributed by atoms with E-state index in [-0.39, 0.29) is 0 Å². The largest absolute Gasteiger partial charge is 0.464 e. The van der Waals surface area contributed by atoms with Crippen molar-refractivity contribution >= 4 is 75.8 Å². The van der Waals surface area contributed by atoms with E-state index in [0.29, 0.717) is 0 Å². The number of thiazole rings is 1. The molecule has 0 saturated heterocycles. The number of H-pyrrole nitrogens is 1. The van der Waals surface area contributed by atoms with E-state index in [4.69, 9.17) is 8.83 Å². The number of aromatic nitrogens is 10. The third kappa shape index (κ3) is 43.2.